The Balaban J connectivity index is 2.16. The summed E-state index contributed by atoms with van der Waals surface area (Å²) in [6.07, 6.45) is -4.50. The van der Waals surface area contributed by atoms with Gasteiger partial charge < -0.3 is 11.1 Å². The standard InChI is InChI=1S/C13H11F3N2OS/c14-13(15,16)9-1-2-11(17)10(5-9)12(19)18-6-8-3-4-20-7-8/h1-5,7H,6,17H2,(H,18,19). The molecule has 0 saturated carbocycles. The maximum Gasteiger partial charge on any atom is 0.416 e. The van der Waals surface area contributed by atoms with Crippen LogP contribution in [0.4, 0.5) is 18.9 Å². The molecule has 0 bridgehead atoms. The third-order valence-electron chi connectivity index (χ3n) is 2.66. The van der Waals surface area contributed by atoms with E-state index >= 15 is 0 Å². The number of anilines is 1. The highest BCUT2D eigenvalue weighted by atomic mass is 32.1. The van der Waals surface area contributed by atoms with Gasteiger partial charge in [0.15, 0.2) is 0 Å². The monoisotopic (exact) mass is 300 g/mol. The van der Waals surface area contributed by atoms with Gasteiger partial charge in [-0.3, -0.25) is 4.79 Å². The third-order valence-corrected chi connectivity index (χ3v) is 3.39. The van der Waals surface area contributed by atoms with Crippen molar-refractivity contribution in [2.75, 3.05) is 5.73 Å². The molecule has 0 fully saturated rings. The maximum atomic E-state index is 12.6. The summed E-state index contributed by atoms with van der Waals surface area (Å²) >= 11 is 1.47. The zero-order valence-electron chi connectivity index (χ0n) is 10.2. The Morgan fingerprint density at radius 1 is 1.30 bits per heavy atom. The summed E-state index contributed by atoms with van der Waals surface area (Å²) < 4.78 is 37.8. The minimum Gasteiger partial charge on any atom is -0.398 e. The fourth-order valence-corrected chi connectivity index (χ4v) is 2.27. The highest BCUT2D eigenvalue weighted by Gasteiger charge is 2.31. The molecule has 106 valence electrons. The number of benzene rings is 1. The average molecular weight is 300 g/mol. The van der Waals surface area contributed by atoms with Gasteiger partial charge in [-0.1, -0.05) is 0 Å². The highest BCUT2D eigenvalue weighted by Crippen LogP contribution is 2.31. The van der Waals surface area contributed by atoms with Crippen LogP contribution in [0.25, 0.3) is 0 Å². The van der Waals surface area contributed by atoms with Crippen LogP contribution in [-0.2, 0) is 12.7 Å². The minimum atomic E-state index is -4.50. The molecule has 1 aromatic carbocycles. The number of alkyl halides is 3. The molecule has 7 heteroatoms. The molecule has 20 heavy (non-hydrogen) atoms. The second kappa shape index (κ2) is 5.54. The number of hydrogen-bond donors (Lipinski definition) is 2. The zero-order chi connectivity index (χ0) is 14.8. The number of thiophene rings is 1. The van der Waals surface area contributed by atoms with Crippen LogP contribution in [0, 0.1) is 0 Å². The lowest BCUT2D eigenvalue weighted by Crippen LogP contribution is -2.24. The summed E-state index contributed by atoms with van der Waals surface area (Å²) in [6.45, 7) is 0.248. The van der Waals surface area contributed by atoms with Crippen LogP contribution in [-0.4, -0.2) is 5.91 Å². The molecule has 0 aliphatic heterocycles. The Labute approximate surface area is 117 Å². The minimum absolute atomic E-state index is 0.0146. The van der Waals surface area contributed by atoms with Gasteiger partial charge >= 0.3 is 6.18 Å². The van der Waals surface area contributed by atoms with E-state index in [1.807, 2.05) is 16.8 Å². The van der Waals surface area contributed by atoms with Crippen LogP contribution in [0.15, 0.2) is 35.0 Å². The van der Waals surface area contributed by atoms with Gasteiger partial charge in [0, 0.05) is 12.2 Å². The Kier molecular flexibility index (Phi) is 3.99. The molecule has 1 heterocycles. The fraction of sp³-hybridized carbons (Fsp3) is 0.154. The van der Waals surface area contributed by atoms with Crippen molar-refractivity contribution < 1.29 is 18.0 Å². The third kappa shape index (κ3) is 3.30. The zero-order valence-corrected chi connectivity index (χ0v) is 11.0. The van der Waals surface area contributed by atoms with E-state index in [1.54, 1.807) is 0 Å². The Bertz CT molecular complexity index is 609. The van der Waals surface area contributed by atoms with Gasteiger partial charge in [0.1, 0.15) is 0 Å². The van der Waals surface area contributed by atoms with Crippen LogP contribution in [0.1, 0.15) is 21.5 Å². The number of nitrogen functional groups attached to an aromatic ring is 1. The predicted molar refractivity (Wildman–Crippen MR) is 71.3 cm³/mol. The molecule has 3 nitrogen and oxygen atoms in total. The van der Waals surface area contributed by atoms with E-state index in [1.165, 1.54) is 11.3 Å². The van der Waals surface area contributed by atoms with Crippen LogP contribution in [0.3, 0.4) is 0 Å². The smallest absolute Gasteiger partial charge is 0.398 e. The van der Waals surface area contributed by atoms with E-state index in [2.05, 4.69) is 5.32 Å². The molecule has 0 unspecified atom stereocenters. The summed E-state index contributed by atoms with van der Waals surface area (Å²) in [5.41, 5.74) is 5.39. The molecule has 1 amide bonds. The Morgan fingerprint density at radius 3 is 2.65 bits per heavy atom. The number of hydrogen-bond acceptors (Lipinski definition) is 3. The molecule has 0 aliphatic rings. The van der Waals surface area contributed by atoms with E-state index < -0.39 is 17.6 Å². The fourth-order valence-electron chi connectivity index (χ4n) is 1.60. The molecular weight excluding hydrogens is 289 g/mol. The molecule has 3 N–H and O–H groups in total. The van der Waals surface area contributed by atoms with Crippen LogP contribution >= 0.6 is 11.3 Å². The number of carbonyl (C=O) groups excluding carboxylic acids is 1. The number of carbonyl (C=O) groups is 1. The van der Waals surface area contributed by atoms with Gasteiger partial charge in [0.2, 0.25) is 0 Å². The molecule has 0 radical (unpaired) electrons. The molecule has 0 atom stereocenters. The van der Waals surface area contributed by atoms with Gasteiger partial charge in [0.25, 0.3) is 5.91 Å². The van der Waals surface area contributed by atoms with E-state index in [0.717, 1.165) is 23.8 Å². The van der Waals surface area contributed by atoms with Gasteiger partial charge in [-0.25, -0.2) is 0 Å². The lowest BCUT2D eigenvalue weighted by Gasteiger charge is -2.11. The van der Waals surface area contributed by atoms with Gasteiger partial charge in [-0.15, -0.1) is 0 Å². The first kappa shape index (κ1) is 14.4. The quantitative estimate of drug-likeness (QED) is 0.855. The van der Waals surface area contributed by atoms with Crippen molar-refractivity contribution in [3.63, 3.8) is 0 Å². The summed E-state index contributed by atoms with van der Waals surface area (Å²) in [5.74, 6) is -0.625. The van der Waals surface area contributed by atoms with Crippen molar-refractivity contribution in [3.8, 4) is 0 Å². The van der Waals surface area contributed by atoms with Crippen molar-refractivity contribution in [3.05, 3.63) is 51.7 Å². The second-order valence-electron chi connectivity index (χ2n) is 4.11. The van der Waals surface area contributed by atoms with Crippen molar-refractivity contribution in [1.82, 2.24) is 5.32 Å². The van der Waals surface area contributed by atoms with E-state index in [9.17, 15) is 18.0 Å². The first-order valence-corrected chi connectivity index (χ1v) is 6.58. The molecule has 1 aromatic heterocycles. The van der Waals surface area contributed by atoms with Gasteiger partial charge in [0.05, 0.1) is 11.1 Å². The van der Waals surface area contributed by atoms with E-state index in [0.29, 0.717) is 0 Å². The summed E-state index contributed by atoms with van der Waals surface area (Å²) in [4.78, 5) is 11.9. The number of nitrogens with one attached hydrogen (secondary N) is 1. The molecule has 2 aromatic rings. The van der Waals surface area contributed by atoms with E-state index in [-0.39, 0.29) is 17.8 Å². The average Bonchev–Trinajstić information content (AvgIpc) is 2.88. The summed E-state index contributed by atoms with van der Waals surface area (Å²) in [5, 5.41) is 6.23. The first-order valence-electron chi connectivity index (χ1n) is 5.64. The molecule has 2 rings (SSSR count). The van der Waals surface area contributed by atoms with Crippen molar-refractivity contribution in [2.24, 2.45) is 0 Å². The van der Waals surface area contributed by atoms with Crippen LogP contribution < -0.4 is 11.1 Å². The maximum absolute atomic E-state index is 12.6. The van der Waals surface area contributed by atoms with Crippen LogP contribution in [0.2, 0.25) is 0 Å². The molecular formula is C13H11F3N2OS. The molecule has 0 saturated heterocycles. The SMILES string of the molecule is Nc1ccc(C(F)(F)F)cc1C(=O)NCc1ccsc1. The number of halogens is 3. The van der Waals surface area contributed by atoms with Crippen molar-refractivity contribution in [1.29, 1.82) is 0 Å². The Hall–Kier alpha value is -2.02. The van der Waals surface area contributed by atoms with Gasteiger partial charge in [-0.2, -0.15) is 24.5 Å². The number of nitrogens with two attached hydrogens (primary N) is 1. The summed E-state index contributed by atoms with van der Waals surface area (Å²) in [6, 6.07) is 4.52. The summed E-state index contributed by atoms with van der Waals surface area (Å²) in [7, 11) is 0. The largest absolute Gasteiger partial charge is 0.416 e. The lowest BCUT2D eigenvalue weighted by molar-refractivity contribution is -0.137. The van der Waals surface area contributed by atoms with Crippen LogP contribution in [0.5, 0.6) is 0 Å². The second-order valence-corrected chi connectivity index (χ2v) is 4.89. The number of amides is 1. The lowest BCUT2D eigenvalue weighted by atomic mass is 10.1. The molecule has 0 spiro atoms. The van der Waals surface area contributed by atoms with E-state index in [4.69, 9.17) is 5.73 Å². The molecule has 0 aliphatic carbocycles. The number of rotatable bonds is 3. The van der Waals surface area contributed by atoms with Crippen molar-refractivity contribution >= 4 is 22.9 Å². The Morgan fingerprint density at radius 2 is 2.05 bits per heavy atom. The van der Waals surface area contributed by atoms with Crippen molar-refractivity contribution in [2.45, 2.75) is 12.7 Å². The van der Waals surface area contributed by atoms with Gasteiger partial charge in [-0.05, 0) is 40.6 Å². The topological polar surface area (TPSA) is 55.1 Å². The highest BCUT2D eigenvalue weighted by molar-refractivity contribution is 7.07. The first-order chi connectivity index (χ1) is 9.38. The predicted octanol–water partition coefficient (Wildman–Crippen LogP) is 3.28. The normalized spacial score (nSPS) is 11.3.